The number of aliphatic carboxylic acids is 1. The number of carboxylic acid groups (broad SMARTS) is 1. The van der Waals surface area contributed by atoms with Crippen LogP contribution < -0.4 is 0 Å². The van der Waals surface area contributed by atoms with E-state index in [-0.39, 0.29) is 0 Å². The van der Waals surface area contributed by atoms with Crippen molar-refractivity contribution in [1.82, 2.24) is 0 Å². The maximum absolute atomic E-state index is 9.90. The lowest BCUT2D eigenvalue weighted by atomic mass is 10.3. The molecule has 0 amide bonds. The lowest BCUT2D eigenvalue weighted by Gasteiger charge is -1.92. The molecule has 0 aromatic heterocycles. The Morgan fingerprint density at radius 3 is 1.76 bits per heavy atom. The predicted octanol–water partition coefficient (Wildman–Crippen LogP) is 1.88. The van der Waals surface area contributed by atoms with Crippen molar-refractivity contribution in [2.45, 2.75) is 0 Å². The van der Waals surface area contributed by atoms with E-state index >= 15 is 0 Å². The highest BCUT2D eigenvalue weighted by Gasteiger charge is 1.96. The number of nitrogens with zero attached hydrogens (tertiary/aromatic N) is 2. The third-order valence-electron chi connectivity index (χ3n) is 1.39. The maximum atomic E-state index is 9.90. The number of hydrogen-bond donors (Lipinski definition) is 1. The maximum Gasteiger partial charge on any atom is 0.327 e. The number of benzene rings is 1. The van der Waals surface area contributed by atoms with Crippen LogP contribution in [-0.4, -0.2) is 23.2 Å². The number of carbonyl (C=O) groups is 1. The van der Waals surface area contributed by atoms with Gasteiger partial charge in [-0.2, -0.15) is 9.98 Å². The summed E-state index contributed by atoms with van der Waals surface area (Å²) in [5.74, 6) is -0.981. The second-order valence-electron chi connectivity index (χ2n) is 2.44. The van der Waals surface area contributed by atoms with Crippen LogP contribution in [0.4, 0.5) is 11.4 Å². The fraction of sp³-hybridized carbons (Fsp3) is 0. The van der Waals surface area contributed by atoms with E-state index in [0.29, 0.717) is 11.4 Å². The Morgan fingerprint density at radius 1 is 1.18 bits per heavy atom. The molecule has 0 aliphatic carbocycles. The molecular formula is C11H8N2O4. The molecule has 1 N–H and O–H groups in total. The number of carbonyl (C=O) groups excluding carboxylic acids is 2. The quantitative estimate of drug-likeness (QED) is 0.488. The van der Waals surface area contributed by atoms with Gasteiger partial charge in [-0.25, -0.2) is 14.4 Å². The highest BCUT2D eigenvalue weighted by atomic mass is 16.4. The minimum Gasteiger partial charge on any atom is -0.478 e. The fourth-order valence-electron chi connectivity index (χ4n) is 0.752. The molecule has 0 aliphatic heterocycles. The summed E-state index contributed by atoms with van der Waals surface area (Å²) >= 11 is 0. The summed E-state index contributed by atoms with van der Waals surface area (Å²) in [5, 5.41) is 7.60. The summed E-state index contributed by atoms with van der Waals surface area (Å²) in [7, 11) is 0. The van der Waals surface area contributed by atoms with Crippen molar-refractivity contribution in [3.8, 4) is 0 Å². The van der Waals surface area contributed by atoms with Crippen LogP contribution in [-0.2, 0) is 14.4 Å². The molecule has 1 aromatic rings. The number of para-hydroxylation sites is 2. The molecule has 17 heavy (non-hydrogen) atoms. The first-order chi connectivity index (χ1) is 8.15. The normalized spacial score (nSPS) is 7.53. The number of isocyanates is 2. The van der Waals surface area contributed by atoms with Gasteiger partial charge in [-0.15, -0.1) is 0 Å². The van der Waals surface area contributed by atoms with Gasteiger partial charge >= 0.3 is 5.97 Å². The monoisotopic (exact) mass is 232 g/mol. The van der Waals surface area contributed by atoms with Gasteiger partial charge in [0.15, 0.2) is 0 Å². The van der Waals surface area contributed by atoms with E-state index in [4.69, 9.17) is 5.11 Å². The zero-order valence-corrected chi connectivity index (χ0v) is 8.66. The number of rotatable bonds is 3. The summed E-state index contributed by atoms with van der Waals surface area (Å²) in [5.41, 5.74) is 0.631. The van der Waals surface area contributed by atoms with Gasteiger partial charge in [0.1, 0.15) is 11.4 Å². The number of hydrogen-bond acceptors (Lipinski definition) is 5. The van der Waals surface area contributed by atoms with Crippen molar-refractivity contribution in [2.24, 2.45) is 9.98 Å². The third-order valence-corrected chi connectivity index (χ3v) is 1.39. The molecule has 1 rings (SSSR count). The van der Waals surface area contributed by atoms with E-state index in [2.05, 4.69) is 16.6 Å². The summed E-state index contributed by atoms with van der Waals surface area (Å²) in [6.07, 6.45) is 3.57. The second-order valence-corrected chi connectivity index (χ2v) is 2.44. The van der Waals surface area contributed by atoms with Crippen LogP contribution >= 0.6 is 0 Å². The zero-order chi connectivity index (χ0) is 13.1. The third kappa shape index (κ3) is 6.30. The summed E-state index contributed by atoms with van der Waals surface area (Å²) in [6, 6.07) is 6.47. The molecule has 6 heteroatoms. The standard InChI is InChI=1S/C8H4N2O2.C3H4O2/c11-5-9-7-3-1-2-4-8(7)10-6-12;1-2-3(4)5/h1-4H;2H,1H2,(H,4,5). The number of aliphatic imine (C=N–C) groups is 2. The van der Waals surface area contributed by atoms with Crippen molar-refractivity contribution in [2.75, 3.05) is 0 Å². The lowest BCUT2D eigenvalue weighted by molar-refractivity contribution is -0.131. The highest BCUT2D eigenvalue weighted by Crippen LogP contribution is 2.25. The Labute approximate surface area is 96.6 Å². The second kappa shape index (κ2) is 8.49. The predicted molar refractivity (Wildman–Crippen MR) is 59.8 cm³/mol. The smallest absolute Gasteiger partial charge is 0.327 e. The zero-order valence-electron chi connectivity index (χ0n) is 8.66. The van der Waals surface area contributed by atoms with Crippen LogP contribution in [0, 0.1) is 0 Å². The molecule has 0 aliphatic rings. The van der Waals surface area contributed by atoms with Crippen LogP contribution in [0.15, 0.2) is 46.9 Å². The van der Waals surface area contributed by atoms with Gasteiger partial charge in [0.2, 0.25) is 12.2 Å². The molecular weight excluding hydrogens is 224 g/mol. The Bertz CT molecular complexity index is 461. The van der Waals surface area contributed by atoms with E-state index in [0.717, 1.165) is 6.08 Å². The van der Waals surface area contributed by atoms with Crippen molar-refractivity contribution < 1.29 is 19.5 Å². The molecule has 1 aromatic carbocycles. The molecule has 0 saturated heterocycles. The first-order valence-electron chi connectivity index (χ1n) is 4.25. The Hall–Kier alpha value is -2.81. The van der Waals surface area contributed by atoms with Crippen molar-refractivity contribution in [3.05, 3.63) is 36.9 Å². The molecule has 0 fully saturated rings. The SMILES string of the molecule is C=CC(=O)O.O=C=Nc1ccccc1N=C=O. The van der Waals surface area contributed by atoms with Crippen molar-refractivity contribution in [1.29, 1.82) is 0 Å². The summed E-state index contributed by atoms with van der Waals surface area (Å²) in [4.78, 5) is 35.7. The Kier molecular flexibility index (Phi) is 7.09. The van der Waals surface area contributed by atoms with Gasteiger partial charge in [0.25, 0.3) is 0 Å². The van der Waals surface area contributed by atoms with Gasteiger partial charge in [0.05, 0.1) is 0 Å². The lowest BCUT2D eigenvalue weighted by Crippen LogP contribution is -1.82. The van der Waals surface area contributed by atoms with Gasteiger partial charge in [0, 0.05) is 6.08 Å². The van der Waals surface area contributed by atoms with E-state index in [1.807, 2.05) is 0 Å². The largest absolute Gasteiger partial charge is 0.478 e. The minimum atomic E-state index is -0.981. The van der Waals surface area contributed by atoms with Crippen LogP contribution in [0.1, 0.15) is 0 Å². The summed E-state index contributed by atoms with van der Waals surface area (Å²) < 4.78 is 0. The van der Waals surface area contributed by atoms with Gasteiger partial charge < -0.3 is 5.11 Å². The Morgan fingerprint density at radius 2 is 1.53 bits per heavy atom. The minimum absolute atomic E-state index is 0.316. The van der Waals surface area contributed by atoms with Crippen LogP contribution in [0.25, 0.3) is 0 Å². The summed E-state index contributed by atoms with van der Waals surface area (Å²) in [6.45, 7) is 2.96. The molecule has 0 heterocycles. The van der Waals surface area contributed by atoms with Crippen LogP contribution in [0.2, 0.25) is 0 Å². The van der Waals surface area contributed by atoms with Crippen LogP contribution in [0.5, 0.6) is 0 Å². The molecule has 6 nitrogen and oxygen atoms in total. The first kappa shape index (κ1) is 14.2. The van der Waals surface area contributed by atoms with Crippen LogP contribution in [0.3, 0.4) is 0 Å². The van der Waals surface area contributed by atoms with Gasteiger partial charge in [-0.05, 0) is 12.1 Å². The molecule has 0 bridgehead atoms. The average molecular weight is 232 g/mol. The molecule has 0 atom stereocenters. The first-order valence-corrected chi connectivity index (χ1v) is 4.25. The molecule has 86 valence electrons. The van der Waals surface area contributed by atoms with Gasteiger partial charge in [-0.3, -0.25) is 0 Å². The van der Waals surface area contributed by atoms with E-state index < -0.39 is 5.97 Å². The average Bonchev–Trinajstić information content (AvgIpc) is 2.33. The fourth-order valence-corrected chi connectivity index (χ4v) is 0.752. The van der Waals surface area contributed by atoms with E-state index in [1.165, 1.54) is 12.2 Å². The van der Waals surface area contributed by atoms with E-state index in [1.54, 1.807) is 24.3 Å². The Balaban J connectivity index is 0.000000437. The molecule has 0 saturated carbocycles. The molecule has 0 spiro atoms. The van der Waals surface area contributed by atoms with Crippen molar-refractivity contribution in [3.63, 3.8) is 0 Å². The highest BCUT2D eigenvalue weighted by molar-refractivity contribution is 5.78. The molecule has 0 radical (unpaired) electrons. The molecule has 0 unspecified atom stereocenters. The van der Waals surface area contributed by atoms with E-state index in [9.17, 15) is 14.4 Å². The van der Waals surface area contributed by atoms with Gasteiger partial charge in [-0.1, -0.05) is 18.7 Å². The van der Waals surface area contributed by atoms with Crippen molar-refractivity contribution >= 4 is 29.5 Å². The topological polar surface area (TPSA) is 96.2 Å². The number of carboxylic acids is 1.